The Balaban J connectivity index is 1.55. The first-order valence-electron chi connectivity index (χ1n) is 11.7. The minimum atomic E-state index is -0.632. The number of aromatic nitrogens is 3. The maximum atomic E-state index is 12.9. The van der Waals surface area contributed by atoms with Gasteiger partial charge in [-0.05, 0) is 43.6 Å². The number of methoxy groups -OCH3 is 1. The predicted octanol–water partition coefficient (Wildman–Crippen LogP) is 3.63. The molecule has 9 heteroatoms. The zero-order valence-corrected chi connectivity index (χ0v) is 20.8. The molecule has 0 saturated heterocycles. The molecule has 0 bridgehead atoms. The molecule has 2 aromatic rings. The molecular weight excluding hydrogens is 438 g/mol. The van der Waals surface area contributed by atoms with Crippen LogP contribution in [0.3, 0.4) is 0 Å². The van der Waals surface area contributed by atoms with Crippen LogP contribution in [0.25, 0.3) is 0 Å². The summed E-state index contributed by atoms with van der Waals surface area (Å²) in [7, 11) is 1.52. The van der Waals surface area contributed by atoms with E-state index >= 15 is 0 Å². The third kappa shape index (κ3) is 6.28. The maximum absolute atomic E-state index is 12.9. The average Bonchev–Trinajstić information content (AvgIpc) is 3.49. The predicted molar refractivity (Wildman–Crippen MR) is 130 cm³/mol. The number of amides is 2. The van der Waals surface area contributed by atoms with Crippen molar-refractivity contribution in [1.82, 2.24) is 25.4 Å². The summed E-state index contributed by atoms with van der Waals surface area (Å²) >= 11 is 1.63. The van der Waals surface area contributed by atoms with Crippen LogP contribution in [0.5, 0.6) is 5.75 Å². The SMILES string of the molecule is COc1ccccc1C(=O)NC(C(=O)NCCCc1nnc(SC)n1C1CCCC1)C(C)C. The van der Waals surface area contributed by atoms with E-state index in [1.165, 1.54) is 32.8 Å². The molecule has 0 radical (unpaired) electrons. The number of aryl methyl sites for hydroxylation is 1. The van der Waals surface area contributed by atoms with Gasteiger partial charge >= 0.3 is 0 Å². The molecule has 2 amide bonds. The van der Waals surface area contributed by atoms with Crippen LogP contribution in [0.4, 0.5) is 0 Å². The van der Waals surface area contributed by atoms with Gasteiger partial charge in [-0.25, -0.2) is 0 Å². The number of ether oxygens (including phenoxy) is 1. The number of benzene rings is 1. The summed E-state index contributed by atoms with van der Waals surface area (Å²) < 4.78 is 7.57. The van der Waals surface area contributed by atoms with E-state index in [9.17, 15) is 9.59 Å². The Morgan fingerprint density at radius 2 is 1.94 bits per heavy atom. The molecule has 8 nitrogen and oxygen atoms in total. The summed E-state index contributed by atoms with van der Waals surface area (Å²) in [4.78, 5) is 25.6. The Bertz CT molecular complexity index is 940. The van der Waals surface area contributed by atoms with E-state index in [0.717, 1.165) is 23.8 Å². The van der Waals surface area contributed by atoms with Gasteiger partial charge in [0.1, 0.15) is 17.6 Å². The van der Waals surface area contributed by atoms with Crippen LogP contribution in [0.1, 0.15) is 68.2 Å². The smallest absolute Gasteiger partial charge is 0.255 e. The van der Waals surface area contributed by atoms with Gasteiger partial charge in [-0.2, -0.15) is 0 Å². The normalized spacial score (nSPS) is 14.9. The molecule has 3 rings (SSSR count). The number of thioether (sulfide) groups is 1. The van der Waals surface area contributed by atoms with Gasteiger partial charge in [-0.15, -0.1) is 10.2 Å². The van der Waals surface area contributed by atoms with E-state index in [0.29, 0.717) is 23.9 Å². The molecular formula is C24H35N5O3S. The molecule has 1 aromatic carbocycles. The highest BCUT2D eigenvalue weighted by Gasteiger charge is 2.26. The molecule has 1 aromatic heterocycles. The van der Waals surface area contributed by atoms with E-state index in [1.54, 1.807) is 36.0 Å². The summed E-state index contributed by atoms with van der Waals surface area (Å²) in [5.74, 6) is 0.906. The Morgan fingerprint density at radius 1 is 1.21 bits per heavy atom. The largest absolute Gasteiger partial charge is 0.496 e. The molecule has 2 N–H and O–H groups in total. The fraction of sp³-hybridized carbons (Fsp3) is 0.583. The lowest BCUT2D eigenvalue weighted by atomic mass is 10.0. The monoisotopic (exact) mass is 473 g/mol. The molecule has 0 aliphatic heterocycles. The number of hydrogen-bond donors (Lipinski definition) is 2. The van der Waals surface area contributed by atoms with Crippen molar-refractivity contribution in [3.63, 3.8) is 0 Å². The minimum Gasteiger partial charge on any atom is -0.496 e. The Morgan fingerprint density at radius 3 is 2.61 bits per heavy atom. The molecule has 1 aliphatic carbocycles. The highest BCUT2D eigenvalue weighted by molar-refractivity contribution is 7.98. The van der Waals surface area contributed by atoms with Crippen molar-refractivity contribution in [3.8, 4) is 5.75 Å². The fourth-order valence-electron chi connectivity index (χ4n) is 4.30. The van der Waals surface area contributed by atoms with Crippen LogP contribution in [0, 0.1) is 5.92 Å². The van der Waals surface area contributed by atoms with Crippen LogP contribution in [0.2, 0.25) is 0 Å². The first-order valence-corrected chi connectivity index (χ1v) is 12.9. The molecule has 33 heavy (non-hydrogen) atoms. The lowest BCUT2D eigenvalue weighted by Gasteiger charge is -2.22. The zero-order valence-electron chi connectivity index (χ0n) is 20.0. The molecule has 0 spiro atoms. The number of nitrogens with one attached hydrogen (secondary N) is 2. The van der Waals surface area contributed by atoms with Crippen LogP contribution in [-0.4, -0.2) is 52.5 Å². The Labute approximate surface area is 200 Å². The Kier molecular flexibility index (Phi) is 9.17. The van der Waals surface area contributed by atoms with Crippen molar-refractivity contribution in [3.05, 3.63) is 35.7 Å². The van der Waals surface area contributed by atoms with Gasteiger partial charge in [0.05, 0.1) is 12.7 Å². The van der Waals surface area contributed by atoms with E-state index < -0.39 is 6.04 Å². The summed E-state index contributed by atoms with van der Waals surface area (Å²) in [5.41, 5.74) is 0.411. The first kappa shape index (κ1) is 25.1. The van der Waals surface area contributed by atoms with Crippen LogP contribution < -0.4 is 15.4 Å². The van der Waals surface area contributed by atoms with Gasteiger partial charge in [0.15, 0.2) is 5.16 Å². The summed E-state index contributed by atoms with van der Waals surface area (Å²) in [6.07, 6.45) is 8.41. The lowest BCUT2D eigenvalue weighted by molar-refractivity contribution is -0.123. The van der Waals surface area contributed by atoms with Crippen LogP contribution in [0.15, 0.2) is 29.4 Å². The van der Waals surface area contributed by atoms with Crippen molar-refractivity contribution in [2.24, 2.45) is 5.92 Å². The van der Waals surface area contributed by atoms with Crippen molar-refractivity contribution in [2.75, 3.05) is 19.9 Å². The molecule has 1 aliphatic rings. The number of para-hydroxylation sites is 1. The maximum Gasteiger partial charge on any atom is 0.255 e. The van der Waals surface area contributed by atoms with Gasteiger partial charge in [-0.3, -0.25) is 9.59 Å². The Hall–Kier alpha value is -2.55. The summed E-state index contributed by atoms with van der Waals surface area (Å²) in [6.45, 7) is 4.35. The number of hydrogen-bond acceptors (Lipinski definition) is 6. The van der Waals surface area contributed by atoms with Gasteiger partial charge in [0.25, 0.3) is 5.91 Å². The quantitative estimate of drug-likeness (QED) is 0.382. The van der Waals surface area contributed by atoms with Gasteiger partial charge in [0, 0.05) is 19.0 Å². The standard InChI is InChI=1S/C24H35N5O3S/c1-16(2)21(26-22(30)18-12-7-8-13-19(18)32-3)23(31)25-15-9-14-20-27-28-24(33-4)29(20)17-10-5-6-11-17/h7-8,12-13,16-17,21H,5-6,9-11,14-15H2,1-4H3,(H,25,31)(H,26,30). The fourth-order valence-corrected chi connectivity index (χ4v) is 4.87. The molecule has 1 heterocycles. The number of carbonyl (C=O) groups excluding carboxylic acids is 2. The van der Waals surface area contributed by atoms with Crippen molar-refractivity contribution >= 4 is 23.6 Å². The minimum absolute atomic E-state index is 0.0572. The van der Waals surface area contributed by atoms with Crippen molar-refractivity contribution in [2.45, 2.75) is 69.6 Å². The number of carbonyl (C=O) groups is 2. The molecule has 1 fully saturated rings. The van der Waals surface area contributed by atoms with Gasteiger partial charge in [0.2, 0.25) is 5.91 Å². The highest BCUT2D eigenvalue weighted by Crippen LogP contribution is 2.33. The van der Waals surface area contributed by atoms with Crippen LogP contribution in [-0.2, 0) is 11.2 Å². The average molecular weight is 474 g/mol. The number of nitrogens with zero attached hydrogens (tertiary/aromatic N) is 3. The third-order valence-electron chi connectivity index (χ3n) is 6.07. The molecule has 180 valence electrons. The lowest BCUT2D eigenvalue weighted by Crippen LogP contribution is -2.50. The van der Waals surface area contributed by atoms with E-state index in [4.69, 9.17) is 4.74 Å². The van der Waals surface area contributed by atoms with Gasteiger partial charge < -0.3 is 19.9 Å². The van der Waals surface area contributed by atoms with Crippen LogP contribution >= 0.6 is 11.8 Å². The second-order valence-corrected chi connectivity index (χ2v) is 9.47. The summed E-state index contributed by atoms with van der Waals surface area (Å²) in [6, 6.07) is 6.85. The van der Waals surface area contributed by atoms with Crippen molar-refractivity contribution in [1.29, 1.82) is 0 Å². The molecule has 1 unspecified atom stereocenters. The van der Waals surface area contributed by atoms with Crippen molar-refractivity contribution < 1.29 is 14.3 Å². The molecule has 1 saturated carbocycles. The second-order valence-electron chi connectivity index (χ2n) is 8.70. The van der Waals surface area contributed by atoms with Gasteiger partial charge in [-0.1, -0.05) is 50.6 Å². The topological polar surface area (TPSA) is 98.1 Å². The van der Waals surface area contributed by atoms with E-state index in [2.05, 4.69) is 25.4 Å². The van der Waals surface area contributed by atoms with E-state index in [-0.39, 0.29) is 17.7 Å². The first-order chi connectivity index (χ1) is 16.0. The number of rotatable bonds is 11. The summed E-state index contributed by atoms with van der Waals surface area (Å²) in [5, 5.41) is 15.6. The zero-order chi connectivity index (χ0) is 23.8. The van der Waals surface area contributed by atoms with E-state index in [1.807, 2.05) is 20.1 Å². The third-order valence-corrected chi connectivity index (χ3v) is 6.71. The molecule has 1 atom stereocenters. The highest BCUT2D eigenvalue weighted by atomic mass is 32.2. The second kappa shape index (κ2) is 12.1.